The molecule has 0 saturated carbocycles. The fourth-order valence-corrected chi connectivity index (χ4v) is 2.31. The molecular formula is C16H21N3O4. The summed E-state index contributed by atoms with van der Waals surface area (Å²) in [5, 5.41) is 9.20. The first-order chi connectivity index (χ1) is 10.9. The molecule has 1 unspecified atom stereocenters. The smallest absolute Gasteiger partial charge is 0.320 e. The number of aromatic nitrogens is 1. The Labute approximate surface area is 134 Å². The fraction of sp³-hybridized carbons (Fsp3) is 0.375. The molecule has 0 fully saturated rings. The van der Waals surface area contributed by atoms with Crippen molar-refractivity contribution >= 4 is 11.8 Å². The van der Waals surface area contributed by atoms with Crippen molar-refractivity contribution in [3.05, 3.63) is 35.1 Å². The number of amides is 2. The number of hydrogen-bond donors (Lipinski definition) is 2. The van der Waals surface area contributed by atoms with Crippen molar-refractivity contribution in [1.82, 2.24) is 10.5 Å². The van der Waals surface area contributed by atoms with Gasteiger partial charge in [0, 0.05) is 6.07 Å². The van der Waals surface area contributed by atoms with E-state index in [1.807, 2.05) is 26.0 Å². The van der Waals surface area contributed by atoms with Crippen LogP contribution in [0.25, 0.3) is 0 Å². The van der Waals surface area contributed by atoms with E-state index in [0.717, 1.165) is 11.1 Å². The standard InChI is InChI=1S/C16H21N3O4/c1-9-6-13(21-4)14(22-5)8-12(9)11(3)17-16(20)18-15-7-10(2)23-19-15/h6-8,11H,1-5H3,(H2,17,18,19,20). The predicted molar refractivity (Wildman–Crippen MR) is 86.1 cm³/mol. The molecule has 2 rings (SSSR count). The van der Waals surface area contributed by atoms with Gasteiger partial charge in [-0.1, -0.05) is 5.16 Å². The average molecular weight is 319 g/mol. The van der Waals surface area contributed by atoms with E-state index in [1.54, 1.807) is 27.2 Å². The Hall–Kier alpha value is -2.70. The number of carbonyl (C=O) groups is 1. The molecule has 1 atom stereocenters. The third-order valence-corrected chi connectivity index (χ3v) is 3.46. The molecule has 0 spiro atoms. The minimum Gasteiger partial charge on any atom is -0.493 e. The van der Waals surface area contributed by atoms with Gasteiger partial charge in [0.25, 0.3) is 0 Å². The second-order valence-electron chi connectivity index (χ2n) is 5.21. The van der Waals surface area contributed by atoms with Crippen molar-refractivity contribution in [1.29, 1.82) is 0 Å². The molecule has 0 aliphatic rings. The first-order valence-corrected chi connectivity index (χ1v) is 7.18. The van der Waals surface area contributed by atoms with Crippen LogP contribution in [-0.4, -0.2) is 25.4 Å². The number of hydrogen-bond acceptors (Lipinski definition) is 5. The third-order valence-electron chi connectivity index (χ3n) is 3.46. The number of nitrogens with one attached hydrogen (secondary N) is 2. The molecule has 7 nitrogen and oxygen atoms in total. The Bertz CT molecular complexity index is 697. The van der Waals surface area contributed by atoms with Crippen molar-refractivity contribution in [2.75, 3.05) is 19.5 Å². The summed E-state index contributed by atoms with van der Waals surface area (Å²) in [5.41, 5.74) is 1.93. The summed E-state index contributed by atoms with van der Waals surface area (Å²) in [4.78, 5) is 12.0. The van der Waals surface area contributed by atoms with Gasteiger partial charge in [-0.25, -0.2) is 4.79 Å². The van der Waals surface area contributed by atoms with Gasteiger partial charge in [0.2, 0.25) is 0 Å². The summed E-state index contributed by atoms with van der Waals surface area (Å²) in [6.07, 6.45) is 0. The van der Waals surface area contributed by atoms with Crippen LogP contribution in [0.5, 0.6) is 11.5 Å². The summed E-state index contributed by atoms with van der Waals surface area (Å²) >= 11 is 0. The number of anilines is 1. The SMILES string of the molecule is COc1cc(C)c(C(C)NC(=O)Nc2cc(C)on2)cc1OC. The van der Waals surface area contributed by atoms with Crippen molar-refractivity contribution < 1.29 is 18.8 Å². The van der Waals surface area contributed by atoms with E-state index in [2.05, 4.69) is 15.8 Å². The summed E-state index contributed by atoms with van der Waals surface area (Å²) in [5.74, 6) is 2.28. The normalized spacial score (nSPS) is 11.7. The summed E-state index contributed by atoms with van der Waals surface area (Å²) in [7, 11) is 3.17. The zero-order valence-corrected chi connectivity index (χ0v) is 13.9. The molecule has 2 amide bonds. The Balaban J connectivity index is 2.10. The first kappa shape index (κ1) is 16.7. The van der Waals surface area contributed by atoms with Gasteiger partial charge in [-0.2, -0.15) is 0 Å². The molecule has 2 aromatic rings. The van der Waals surface area contributed by atoms with Gasteiger partial charge in [0.05, 0.1) is 20.3 Å². The zero-order chi connectivity index (χ0) is 17.0. The van der Waals surface area contributed by atoms with E-state index in [-0.39, 0.29) is 12.1 Å². The molecule has 7 heteroatoms. The lowest BCUT2D eigenvalue weighted by molar-refractivity contribution is 0.249. The van der Waals surface area contributed by atoms with E-state index < -0.39 is 0 Å². The van der Waals surface area contributed by atoms with Crippen LogP contribution >= 0.6 is 0 Å². The van der Waals surface area contributed by atoms with Crippen molar-refractivity contribution in [3.8, 4) is 11.5 Å². The highest BCUT2D eigenvalue weighted by atomic mass is 16.5. The fourth-order valence-electron chi connectivity index (χ4n) is 2.31. The molecular weight excluding hydrogens is 298 g/mol. The number of rotatable bonds is 5. The lowest BCUT2D eigenvalue weighted by atomic mass is 10.0. The number of nitrogens with zero attached hydrogens (tertiary/aromatic N) is 1. The minimum absolute atomic E-state index is 0.220. The maximum Gasteiger partial charge on any atom is 0.320 e. The predicted octanol–water partition coefficient (Wildman–Crippen LogP) is 3.19. The lowest BCUT2D eigenvalue weighted by Gasteiger charge is -2.19. The van der Waals surface area contributed by atoms with Crippen LogP contribution in [0.3, 0.4) is 0 Å². The van der Waals surface area contributed by atoms with Crippen LogP contribution in [-0.2, 0) is 0 Å². The van der Waals surface area contributed by atoms with Crippen LogP contribution in [0.4, 0.5) is 10.6 Å². The van der Waals surface area contributed by atoms with E-state index in [4.69, 9.17) is 14.0 Å². The molecule has 1 aromatic heterocycles. The molecule has 2 N–H and O–H groups in total. The maximum absolute atomic E-state index is 12.0. The summed E-state index contributed by atoms with van der Waals surface area (Å²) in [6.45, 7) is 5.60. The maximum atomic E-state index is 12.0. The second kappa shape index (κ2) is 7.04. The molecule has 23 heavy (non-hydrogen) atoms. The van der Waals surface area contributed by atoms with Crippen LogP contribution in [0.2, 0.25) is 0 Å². The Morgan fingerprint density at radius 2 is 1.83 bits per heavy atom. The number of methoxy groups -OCH3 is 2. The van der Waals surface area contributed by atoms with Crippen LogP contribution in [0, 0.1) is 13.8 Å². The van der Waals surface area contributed by atoms with Crippen molar-refractivity contribution in [2.45, 2.75) is 26.8 Å². The molecule has 0 aliphatic carbocycles. The summed E-state index contributed by atoms with van der Waals surface area (Å²) in [6, 6.07) is 4.80. The number of aryl methyl sites for hydroxylation is 2. The van der Waals surface area contributed by atoms with Crippen LogP contribution in [0.1, 0.15) is 29.9 Å². The highest BCUT2D eigenvalue weighted by Gasteiger charge is 2.16. The van der Waals surface area contributed by atoms with Gasteiger partial charge >= 0.3 is 6.03 Å². The number of benzene rings is 1. The Morgan fingerprint density at radius 3 is 2.39 bits per heavy atom. The highest BCUT2D eigenvalue weighted by molar-refractivity contribution is 5.88. The molecule has 0 aliphatic heterocycles. The van der Waals surface area contributed by atoms with Crippen molar-refractivity contribution in [2.24, 2.45) is 0 Å². The van der Waals surface area contributed by atoms with Crippen molar-refractivity contribution in [3.63, 3.8) is 0 Å². The largest absolute Gasteiger partial charge is 0.493 e. The summed E-state index contributed by atoms with van der Waals surface area (Å²) < 4.78 is 15.5. The van der Waals surface area contributed by atoms with Gasteiger partial charge in [0.15, 0.2) is 17.3 Å². The molecule has 1 aromatic carbocycles. The molecule has 0 bridgehead atoms. The highest BCUT2D eigenvalue weighted by Crippen LogP contribution is 2.32. The monoisotopic (exact) mass is 319 g/mol. The topological polar surface area (TPSA) is 85.6 Å². The van der Waals surface area contributed by atoms with Crippen LogP contribution < -0.4 is 20.1 Å². The van der Waals surface area contributed by atoms with E-state index in [9.17, 15) is 4.79 Å². The van der Waals surface area contributed by atoms with E-state index in [0.29, 0.717) is 23.1 Å². The second-order valence-corrected chi connectivity index (χ2v) is 5.21. The zero-order valence-electron chi connectivity index (χ0n) is 13.9. The Kier molecular flexibility index (Phi) is 5.10. The minimum atomic E-state index is -0.361. The third kappa shape index (κ3) is 3.94. The van der Waals surface area contributed by atoms with Gasteiger partial charge < -0.3 is 19.3 Å². The Morgan fingerprint density at radius 1 is 1.17 bits per heavy atom. The molecule has 0 saturated heterocycles. The first-order valence-electron chi connectivity index (χ1n) is 7.18. The number of ether oxygens (including phenoxy) is 2. The van der Waals surface area contributed by atoms with Gasteiger partial charge in [-0.05, 0) is 44.0 Å². The molecule has 1 heterocycles. The lowest BCUT2D eigenvalue weighted by Crippen LogP contribution is -2.31. The molecule has 124 valence electrons. The number of carbonyl (C=O) groups excluding carboxylic acids is 1. The number of urea groups is 1. The molecule has 0 radical (unpaired) electrons. The van der Waals surface area contributed by atoms with Gasteiger partial charge in [-0.15, -0.1) is 0 Å². The van der Waals surface area contributed by atoms with E-state index in [1.165, 1.54) is 0 Å². The average Bonchev–Trinajstić information content (AvgIpc) is 2.91. The van der Waals surface area contributed by atoms with Gasteiger partial charge in [0.1, 0.15) is 5.76 Å². The quantitative estimate of drug-likeness (QED) is 0.884. The van der Waals surface area contributed by atoms with Gasteiger partial charge in [-0.3, -0.25) is 5.32 Å². The van der Waals surface area contributed by atoms with Crippen LogP contribution in [0.15, 0.2) is 22.7 Å². The van der Waals surface area contributed by atoms with E-state index >= 15 is 0 Å².